The van der Waals surface area contributed by atoms with Crippen molar-refractivity contribution in [3.63, 3.8) is 0 Å². The summed E-state index contributed by atoms with van der Waals surface area (Å²) >= 11 is 0. The van der Waals surface area contributed by atoms with E-state index in [1.807, 2.05) is 0 Å². The Bertz CT molecular complexity index is 615. The van der Waals surface area contributed by atoms with Crippen molar-refractivity contribution in [2.45, 2.75) is 0 Å². The normalized spacial score (nSPS) is 9.88. The van der Waals surface area contributed by atoms with Crippen molar-refractivity contribution in [3.8, 4) is 17.2 Å². The third-order valence-corrected chi connectivity index (χ3v) is 2.51. The molecular formula is C13H10FN3. The number of rotatable bonds is 1. The van der Waals surface area contributed by atoms with Crippen molar-refractivity contribution < 1.29 is 4.39 Å². The van der Waals surface area contributed by atoms with Crippen LogP contribution >= 0.6 is 0 Å². The van der Waals surface area contributed by atoms with Crippen LogP contribution in [0.15, 0.2) is 36.4 Å². The lowest BCUT2D eigenvalue weighted by molar-refractivity contribution is 0.624. The lowest BCUT2D eigenvalue weighted by Gasteiger charge is -2.06. The first-order chi connectivity index (χ1) is 8.11. The maximum Gasteiger partial charge on any atom is 0.140 e. The molecule has 0 amide bonds. The summed E-state index contributed by atoms with van der Waals surface area (Å²) in [6.07, 6.45) is 0. The molecule has 4 N–H and O–H groups in total. The molecule has 4 heteroatoms. The summed E-state index contributed by atoms with van der Waals surface area (Å²) in [7, 11) is 0. The van der Waals surface area contributed by atoms with E-state index in [2.05, 4.69) is 0 Å². The minimum atomic E-state index is -0.528. The van der Waals surface area contributed by atoms with Crippen molar-refractivity contribution >= 4 is 11.4 Å². The molecule has 17 heavy (non-hydrogen) atoms. The molecule has 0 aliphatic heterocycles. The number of hydrogen-bond acceptors (Lipinski definition) is 3. The standard InChI is InChI=1S/C13H10FN3/c14-11-3-1-8(5-10(11)7-15)9-2-4-12(16)13(17)6-9/h1-6H,16-17H2. The van der Waals surface area contributed by atoms with Crippen LogP contribution in [0, 0.1) is 17.1 Å². The number of nitrogens with two attached hydrogens (primary N) is 2. The predicted molar refractivity (Wildman–Crippen MR) is 65.4 cm³/mol. The topological polar surface area (TPSA) is 75.8 Å². The van der Waals surface area contributed by atoms with Crippen molar-refractivity contribution in [1.82, 2.24) is 0 Å². The maximum atomic E-state index is 13.2. The van der Waals surface area contributed by atoms with Gasteiger partial charge in [0.25, 0.3) is 0 Å². The van der Waals surface area contributed by atoms with Crippen LogP contribution in [0.3, 0.4) is 0 Å². The lowest BCUT2D eigenvalue weighted by atomic mass is 10.0. The summed E-state index contributed by atoms with van der Waals surface area (Å²) in [6, 6.07) is 11.3. The molecule has 0 unspecified atom stereocenters. The van der Waals surface area contributed by atoms with Gasteiger partial charge in [0.2, 0.25) is 0 Å². The molecule has 0 aliphatic carbocycles. The molecular weight excluding hydrogens is 217 g/mol. The highest BCUT2D eigenvalue weighted by atomic mass is 19.1. The highest BCUT2D eigenvalue weighted by Gasteiger charge is 2.05. The number of anilines is 2. The van der Waals surface area contributed by atoms with Crippen molar-refractivity contribution in [2.24, 2.45) is 0 Å². The van der Waals surface area contributed by atoms with E-state index in [9.17, 15) is 4.39 Å². The second-order valence-electron chi connectivity index (χ2n) is 3.65. The molecule has 0 spiro atoms. The van der Waals surface area contributed by atoms with Crippen LogP contribution in [0.4, 0.5) is 15.8 Å². The van der Waals surface area contributed by atoms with E-state index in [0.717, 1.165) is 11.1 Å². The van der Waals surface area contributed by atoms with Gasteiger partial charge < -0.3 is 11.5 Å². The van der Waals surface area contributed by atoms with Crippen molar-refractivity contribution in [3.05, 3.63) is 47.8 Å². The van der Waals surface area contributed by atoms with Crippen LogP contribution < -0.4 is 11.5 Å². The molecule has 0 radical (unpaired) electrons. The van der Waals surface area contributed by atoms with Crippen LogP contribution in [-0.2, 0) is 0 Å². The monoisotopic (exact) mass is 227 g/mol. The number of nitriles is 1. The van der Waals surface area contributed by atoms with E-state index in [1.165, 1.54) is 12.1 Å². The Morgan fingerprint density at radius 1 is 0.941 bits per heavy atom. The van der Waals surface area contributed by atoms with E-state index in [4.69, 9.17) is 16.7 Å². The summed E-state index contributed by atoms with van der Waals surface area (Å²) in [5, 5.41) is 8.75. The number of hydrogen-bond donors (Lipinski definition) is 2. The van der Waals surface area contributed by atoms with Gasteiger partial charge in [0.1, 0.15) is 11.9 Å². The first-order valence-corrected chi connectivity index (χ1v) is 4.97. The lowest BCUT2D eigenvalue weighted by Crippen LogP contribution is -1.94. The molecule has 0 aromatic heterocycles. The van der Waals surface area contributed by atoms with E-state index in [1.54, 1.807) is 30.3 Å². The van der Waals surface area contributed by atoms with E-state index in [0.29, 0.717) is 11.4 Å². The van der Waals surface area contributed by atoms with Gasteiger partial charge in [-0.25, -0.2) is 4.39 Å². The average Bonchev–Trinajstić information content (AvgIpc) is 2.33. The summed E-state index contributed by atoms with van der Waals surface area (Å²) < 4.78 is 13.2. The summed E-state index contributed by atoms with van der Waals surface area (Å²) in [4.78, 5) is 0. The summed E-state index contributed by atoms with van der Waals surface area (Å²) in [5.74, 6) is -0.528. The maximum absolute atomic E-state index is 13.2. The van der Waals surface area contributed by atoms with Gasteiger partial charge in [-0.05, 0) is 35.4 Å². The molecule has 0 heterocycles. The molecule has 2 aromatic rings. The van der Waals surface area contributed by atoms with Crippen LogP contribution in [0.5, 0.6) is 0 Å². The van der Waals surface area contributed by atoms with Gasteiger partial charge in [-0.1, -0.05) is 12.1 Å². The van der Waals surface area contributed by atoms with Crippen molar-refractivity contribution in [2.75, 3.05) is 11.5 Å². The molecule has 0 fully saturated rings. The van der Waals surface area contributed by atoms with E-state index in [-0.39, 0.29) is 5.56 Å². The highest BCUT2D eigenvalue weighted by Crippen LogP contribution is 2.26. The summed E-state index contributed by atoms with van der Waals surface area (Å²) in [5.41, 5.74) is 13.8. The Labute approximate surface area is 98.1 Å². The molecule has 0 bridgehead atoms. The Kier molecular flexibility index (Phi) is 2.67. The number of nitrogens with zero attached hydrogens (tertiary/aromatic N) is 1. The average molecular weight is 227 g/mol. The van der Waals surface area contributed by atoms with E-state index < -0.39 is 5.82 Å². The molecule has 2 rings (SSSR count). The molecule has 2 aromatic carbocycles. The number of nitrogen functional groups attached to an aromatic ring is 2. The highest BCUT2D eigenvalue weighted by molar-refractivity contribution is 5.75. The zero-order valence-electron chi connectivity index (χ0n) is 8.94. The van der Waals surface area contributed by atoms with Gasteiger partial charge in [-0.15, -0.1) is 0 Å². The van der Waals surface area contributed by atoms with Gasteiger partial charge in [0.15, 0.2) is 0 Å². The Balaban J connectivity index is 2.54. The summed E-state index contributed by atoms with van der Waals surface area (Å²) in [6.45, 7) is 0. The molecule has 3 nitrogen and oxygen atoms in total. The van der Waals surface area contributed by atoms with E-state index >= 15 is 0 Å². The molecule has 0 atom stereocenters. The minimum absolute atomic E-state index is 0.0119. The smallest absolute Gasteiger partial charge is 0.140 e. The second-order valence-corrected chi connectivity index (χ2v) is 3.65. The first kappa shape index (κ1) is 11.0. The molecule has 84 valence electrons. The van der Waals surface area contributed by atoms with Crippen LogP contribution in [0.25, 0.3) is 11.1 Å². The third kappa shape index (κ3) is 2.04. The van der Waals surface area contributed by atoms with Crippen LogP contribution in [0.2, 0.25) is 0 Å². The van der Waals surface area contributed by atoms with Gasteiger partial charge in [0, 0.05) is 0 Å². The fourth-order valence-corrected chi connectivity index (χ4v) is 1.54. The largest absolute Gasteiger partial charge is 0.397 e. The Morgan fingerprint density at radius 2 is 1.59 bits per heavy atom. The van der Waals surface area contributed by atoms with Crippen LogP contribution in [-0.4, -0.2) is 0 Å². The number of halogens is 1. The van der Waals surface area contributed by atoms with Crippen LogP contribution in [0.1, 0.15) is 5.56 Å². The number of benzene rings is 2. The zero-order chi connectivity index (χ0) is 12.4. The van der Waals surface area contributed by atoms with Gasteiger partial charge in [0.05, 0.1) is 16.9 Å². The second kappa shape index (κ2) is 4.14. The first-order valence-electron chi connectivity index (χ1n) is 4.97. The van der Waals surface area contributed by atoms with Gasteiger partial charge >= 0.3 is 0 Å². The SMILES string of the molecule is N#Cc1cc(-c2ccc(N)c(N)c2)ccc1F. The fraction of sp³-hybridized carbons (Fsp3) is 0. The minimum Gasteiger partial charge on any atom is -0.397 e. The van der Waals surface area contributed by atoms with Gasteiger partial charge in [-0.3, -0.25) is 0 Å². The zero-order valence-corrected chi connectivity index (χ0v) is 8.94. The van der Waals surface area contributed by atoms with Crippen molar-refractivity contribution in [1.29, 1.82) is 5.26 Å². The quantitative estimate of drug-likeness (QED) is 0.735. The fourth-order valence-electron chi connectivity index (χ4n) is 1.54. The molecule has 0 saturated heterocycles. The third-order valence-electron chi connectivity index (χ3n) is 2.51. The predicted octanol–water partition coefficient (Wildman–Crippen LogP) is 2.53. The molecule has 0 aliphatic rings. The Hall–Kier alpha value is -2.54. The molecule has 0 saturated carbocycles. The van der Waals surface area contributed by atoms with Gasteiger partial charge in [-0.2, -0.15) is 5.26 Å². The Morgan fingerprint density at radius 3 is 2.24 bits per heavy atom.